The standard InChI is InChI=1S/C12H25NO4Si/c1-6-16-18(15-5,17-7-2)10-8-9-13-12(14)11(3)4/h3,6-10H2,1-2,4-5H3,(H,13,14). The van der Waals surface area contributed by atoms with Crippen molar-refractivity contribution in [3.63, 3.8) is 0 Å². The Kier molecular flexibility index (Phi) is 8.91. The molecule has 18 heavy (non-hydrogen) atoms. The molecule has 0 aromatic carbocycles. The van der Waals surface area contributed by atoms with Crippen LogP contribution in [0.15, 0.2) is 12.2 Å². The van der Waals surface area contributed by atoms with Crippen molar-refractivity contribution in [1.29, 1.82) is 0 Å². The van der Waals surface area contributed by atoms with Gasteiger partial charge in [-0.2, -0.15) is 0 Å². The molecule has 0 spiro atoms. The minimum atomic E-state index is -2.54. The largest absolute Gasteiger partial charge is 0.500 e. The van der Waals surface area contributed by atoms with Gasteiger partial charge in [-0.25, -0.2) is 0 Å². The summed E-state index contributed by atoms with van der Waals surface area (Å²) in [5, 5.41) is 2.78. The molecule has 1 N–H and O–H groups in total. The van der Waals surface area contributed by atoms with Crippen molar-refractivity contribution >= 4 is 14.7 Å². The van der Waals surface area contributed by atoms with Crippen LogP contribution >= 0.6 is 0 Å². The highest BCUT2D eigenvalue weighted by molar-refractivity contribution is 6.60. The van der Waals surface area contributed by atoms with Crippen molar-refractivity contribution in [2.24, 2.45) is 0 Å². The summed E-state index contributed by atoms with van der Waals surface area (Å²) in [4.78, 5) is 11.3. The molecule has 0 aliphatic heterocycles. The first-order valence-electron chi connectivity index (χ1n) is 6.28. The van der Waals surface area contributed by atoms with E-state index >= 15 is 0 Å². The molecule has 0 unspecified atom stereocenters. The summed E-state index contributed by atoms with van der Waals surface area (Å²) in [6.45, 7) is 10.8. The number of carbonyl (C=O) groups excluding carboxylic acids is 1. The summed E-state index contributed by atoms with van der Waals surface area (Å²) < 4.78 is 16.7. The third kappa shape index (κ3) is 6.30. The van der Waals surface area contributed by atoms with E-state index in [9.17, 15) is 4.79 Å². The zero-order valence-electron chi connectivity index (χ0n) is 11.9. The number of hydrogen-bond donors (Lipinski definition) is 1. The van der Waals surface area contributed by atoms with Crippen molar-refractivity contribution in [3.05, 3.63) is 12.2 Å². The van der Waals surface area contributed by atoms with Crippen molar-refractivity contribution < 1.29 is 18.1 Å². The van der Waals surface area contributed by atoms with E-state index in [4.69, 9.17) is 13.3 Å². The van der Waals surface area contributed by atoms with Crippen LogP contribution in [0.5, 0.6) is 0 Å². The topological polar surface area (TPSA) is 56.8 Å². The summed E-state index contributed by atoms with van der Waals surface area (Å²) in [6, 6.07) is 0.696. The van der Waals surface area contributed by atoms with E-state index in [0.29, 0.717) is 31.4 Å². The third-order valence-electron chi connectivity index (χ3n) is 2.37. The maximum absolute atomic E-state index is 11.3. The van der Waals surface area contributed by atoms with Gasteiger partial charge in [0.15, 0.2) is 0 Å². The van der Waals surface area contributed by atoms with E-state index < -0.39 is 8.80 Å². The highest BCUT2D eigenvalue weighted by atomic mass is 28.4. The maximum atomic E-state index is 11.3. The first-order chi connectivity index (χ1) is 8.51. The summed E-state index contributed by atoms with van der Waals surface area (Å²) in [6.07, 6.45) is 0.763. The smallest absolute Gasteiger partial charge is 0.377 e. The Bertz CT molecular complexity index is 265. The summed E-state index contributed by atoms with van der Waals surface area (Å²) in [7, 11) is -0.927. The lowest BCUT2D eigenvalue weighted by Gasteiger charge is -2.27. The molecule has 0 radical (unpaired) electrons. The summed E-state index contributed by atoms with van der Waals surface area (Å²) in [5.74, 6) is -0.118. The Hall–Kier alpha value is -0.693. The molecule has 6 heteroatoms. The molecule has 0 rings (SSSR count). The first-order valence-corrected chi connectivity index (χ1v) is 8.21. The molecule has 0 saturated carbocycles. The van der Waals surface area contributed by atoms with E-state index in [0.717, 1.165) is 6.42 Å². The van der Waals surface area contributed by atoms with Crippen LogP contribution in [-0.2, 0) is 18.1 Å². The van der Waals surface area contributed by atoms with Crippen molar-refractivity contribution in [2.75, 3.05) is 26.9 Å². The van der Waals surface area contributed by atoms with Gasteiger partial charge in [0.2, 0.25) is 5.91 Å². The molecule has 1 amide bonds. The highest BCUT2D eigenvalue weighted by Gasteiger charge is 2.38. The second-order valence-corrected chi connectivity index (χ2v) is 6.74. The highest BCUT2D eigenvalue weighted by Crippen LogP contribution is 2.16. The molecular weight excluding hydrogens is 250 g/mol. The van der Waals surface area contributed by atoms with Gasteiger partial charge in [-0.1, -0.05) is 6.58 Å². The Labute approximate surface area is 111 Å². The van der Waals surface area contributed by atoms with E-state index in [1.165, 1.54) is 0 Å². The van der Waals surface area contributed by atoms with Crippen molar-refractivity contribution in [2.45, 2.75) is 33.2 Å². The van der Waals surface area contributed by atoms with Crippen molar-refractivity contribution in [1.82, 2.24) is 5.32 Å². The van der Waals surface area contributed by atoms with E-state index in [1.54, 1.807) is 14.0 Å². The lowest BCUT2D eigenvalue weighted by Crippen LogP contribution is -2.45. The molecule has 0 saturated heterocycles. The van der Waals surface area contributed by atoms with Gasteiger partial charge in [0.05, 0.1) is 0 Å². The third-order valence-corrected chi connectivity index (χ3v) is 5.42. The van der Waals surface area contributed by atoms with Gasteiger partial charge in [-0.15, -0.1) is 0 Å². The molecule has 0 aliphatic carbocycles. The average Bonchev–Trinajstić information content (AvgIpc) is 2.34. The average molecular weight is 275 g/mol. The maximum Gasteiger partial charge on any atom is 0.500 e. The Morgan fingerprint density at radius 2 is 1.83 bits per heavy atom. The van der Waals surface area contributed by atoms with E-state index in [2.05, 4.69) is 11.9 Å². The zero-order valence-corrected chi connectivity index (χ0v) is 12.9. The van der Waals surface area contributed by atoms with Crippen LogP contribution in [-0.4, -0.2) is 41.6 Å². The Morgan fingerprint density at radius 3 is 2.22 bits per heavy atom. The fraction of sp³-hybridized carbons (Fsp3) is 0.750. The van der Waals surface area contributed by atoms with Crippen LogP contribution < -0.4 is 5.32 Å². The van der Waals surface area contributed by atoms with Gasteiger partial charge in [0.25, 0.3) is 0 Å². The Balaban J connectivity index is 4.10. The van der Waals surface area contributed by atoms with Gasteiger partial charge in [0.1, 0.15) is 0 Å². The summed E-state index contributed by atoms with van der Waals surface area (Å²) in [5.41, 5.74) is 0.514. The fourth-order valence-electron chi connectivity index (χ4n) is 1.50. The van der Waals surface area contributed by atoms with Gasteiger partial charge in [-0.3, -0.25) is 4.79 Å². The Morgan fingerprint density at radius 1 is 1.28 bits per heavy atom. The predicted molar refractivity (Wildman–Crippen MR) is 73.3 cm³/mol. The fourth-order valence-corrected chi connectivity index (χ4v) is 3.80. The quantitative estimate of drug-likeness (QED) is 0.375. The van der Waals surface area contributed by atoms with Gasteiger partial charge in [-0.05, 0) is 27.2 Å². The molecular formula is C12H25NO4Si. The number of nitrogens with one attached hydrogen (secondary N) is 1. The van der Waals surface area contributed by atoms with Gasteiger partial charge >= 0.3 is 8.80 Å². The molecule has 106 valence electrons. The second kappa shape index (κ2) is 9.27. The first kappa shape index (κ1) is 17.3. The molecule has 0 aromatic heterocycles. The van der Waals surface area contributed by atoms with Crippen LogP contribution in [0, 0.1) is 0 Å². The van der Waals surface area contributed by atoms with Crippen LogP contribution in [0.3, 0.4) is 0 Å². The minimum Gasteiger partial charge on any atom is -0.377 e. The minimum absolute atomic E-state index is 0.118. The molecule has 0 heterocycles. The lowest BCUT2D eigenvalue weighted by atomic mass is 10.3. The SMILES string of the molecule is C=C(C)C(=O)NCCC[Si](OC)(OCC)OCC. The number of rotatable bonds is 10. The molecule has 0 fully saturated rings. The normalized spacial score (nSPS) is 11.3. The van der Waals surface area contributed by atoms with Gasteiger partial charge < -0.3 is 18.6 Å². The van der Waals surface area contributed by atoms with Crippen LogP contribution in [0.25, 0.3) is 0 Å². The molecule has 0 bridgehead atoms. The van der Waals surface area contributed by atoms with E-state index in [-0.39, 0.29) is 5.91 Å². The zero-order chi connectivity index (χ0) is 14.0. The second-order valence-electron chi connectivity index (χ2n) is 3.89. The van der Waals surface area contributed by atoms with Crippen LogP contribution in [0.1, 0.15) is 27.2 Å². The van der Waals surface area contributed by atoms with Crippen molar-refractivity contribution in [3.8, 4) is 0 Å². The lowest BCUT2D eigenvalue weighted by molar-refractivity contribution is -0.117. The van der Waals surface area contributed by atoms with E-state index in [1.807, 2.05) is 13.8 Å². The van der Waals surface area contributed by atoms with Crippen LogP contribution in [0.4, 0.5) is 0 Å². The molecule has 0 aromatic rings. The predicted octanol–water partition coefficient (Wildman–Crippen LogP) is 1.73. The molecule has 5 nitrogen and oxygen atoms in total. The number of amides is 1. The number of carbonyl (C=O) groups is 1. The molecule has 0 atom stereocenters. The monoisotopic (exact) mass is 275 g/mol. The molecule has 0 aliphatic rings. The van der Waals surface area contributed by atoms with Gasteiger partial charge in [0, 0.05) is 38.5 Å². The number of hydrogen-bond acceptors (Lipinski definition) is 4. The summed E-state index contributed by atoms with van der Waals surface area (Å²) >= 11 is 0. The van der Waals surface area contributed by atoms with Crippen LogP contribution in [0.2, 0.25) is 6.04 Å².